The first-order valence-electron chi connectivity index (χ1n) is 7.03. The first-order chi connectivity index (χ1) is 10.6. The number of carbonyl (C=O) groups is 1. The van der Waals surface area contributed by atoms with Crippen LogP contribution in [0.2, 0.25) is 5.02 Å². The highest BCUT2D eigenvalue weighted by Crippen LogP contribution is 2.14. The average molecular weight is 314 g/mol. The number of hydrogen-bond donors (Lipinski definition) is 1. The van der Waals surface area contributed by atoms with E-state index in [4.69, 9.17) is 11.6 Å². The summed E-state index contributed by atoms with van der Waals surface area (Å²) in [5.41, 5.74) is 3.95. The zero-order chi connectivity index (χ0) is 15.5. The molecule has 0 saturated heterocycles. The maximum Gasteiger partial charge on any atom is 0.224 e. The van der Waals surface area contributed by atoms with Gasteiger partial charge in [-0.25, -0.2) is 4.98 Å². The second-order valence-electron chi connectivity index (χ2n) is 5.26. The van der Waals surface area contributed by atoms with E-state index in [1.54, 1.807) is 6.33 Å². The summed E-state index contributed by atoms with van der Waals surface area (Å²) in [6, 6.07) is 13.4. The van der Waals surface area contributed by atoms with Crippen LogP contribution in [0.3, 0.4) is 0 Å². The number of benzene rings is 2. The first-order valence-corrected chi connectivity index (χ1v) is 7.41. The molecule has 0 aliphatic rings. The molecule has 0 spiro atoms. The molecular weight excluding hydrogens is 298 g/mol. The molecule has 0 atom stereocenters. The van der Waals surface area contributed by atoms with E-state index >= 15 is 0 Å². The van der Waals surface area contributed by atoms with Crippen molar-refractivity contribution in [1.82, 2.24) is 14.9 Å². The molecule has 2 aromatic carbocycles. The molecule has 0 unspecified atom stereocenters. The molecule has 4 nitrogen and oxygen atoms in total. The van der Waals surface area contributed by atoms with Gasteiger partial charge in [-0.05, 0) is 35.4 Å². The summed E-state index contributed by atoms with van der Waals surface area (Å²) < 4.78 is 1.96. The third kappa shape index (κ3) is 3.28. The Morgan fingerprint density at radius 3 is 2.68 bits per heavy atom. The Hall–Kier alpha value is -2.33. The van der Waals surface area contributed by atoms with Crippen LogP contribution in [-0.4, -0.2) is 15.5 Å². The van der Waals surface area contributed by atoms with Crippen molar-refractivity contribution < 1.29 is 4.79 Å². The highest BCUT2D eigenvalue weighted by Gasteiger charge is 2.06. The number of carbonyl (C=O) groups excluding carboxylic acids is 1. The normalized spacial score (nSPS) is 10.8. The maximum absolute atomic E-state index is 12.0. The molecule has 3 rings (SSSR count). The Morgan fingerprint density at radius 1 is 1.18 bits per heavy atom. The van der Waals surface area contributed by atoms with Gasteiger partial charge in [0.2, 0.25) is 5.91 Å². The fourth-order valence-electron chi connectivity index (χ4n) is 2.34. The molecule has 0 saturated carbocycles. The predicted molar refractivity (Wildman–Crippen MR) is 87.7 cm³/mol. The van der Waals surface area contributed by atoms with Crippen molar-refractivity contribution >= 4 is 28.5 Å². The minimum Gasteiger partial charge on any atom is -0.352 e. The average Bonchev–Trinajstić information content (AvgIpc) is 2.88. The smallest absolute Gasteiger partial charge is 0.224 e. The summed E-state index contributed by atoms with van der Waals surface area (Å²) in [5, 5.41) is 3.61. The number of nitrogens with one attached hydrogen (secondary N) is 1. The van der Waals surface area contributed by atoms with E-state index in [0.717, 1.165) is 22.2 Å². The number of aromatic nitrogens is 2. The van der Waals surface area contributed by atoms with Crippen molar-refractivity contribution in [3.05, 3.63) is 64.9 Å². The SMILES string of the molecule is Cn1cnc2cc(CC(=O)NCc3ccc(Cl)cc3)ccc21. The van der Waals surface area contributed by atoms with Crippen molar-refractivity contribution in [1.29, 1.82) is 0 Å². The second-order valence-corrected chi connectivity index (χ2v) is 5.69. The Kier molecular flexibility index (Phi) is 4.11. The number of halogens is 1. The minimum absolute atomic E-state index is 0.00905. The lowest BCUT2D eigenvalue weighted by Gasteiger charge is -2.06. The van der Waals surface area contributed by atoms with Crippen molar-refractivity contribution in [2.45, 2.75) is 13.0 Å². The van der Waals surface area contributed by atoms with Gasteiger partial charge in [0, 0.05) is 18.6 Å². The number of amides is 1. The molecule has 0 aliphatic heterocycles. The topological polar surface area (TPSA) is 46.9 Å². The lowest BCUT2D eigenvalue weighted by atomic mass is 10.1. The van der Waals surface area contributed by atoms with Crippen LogP contribution in [0.1, 0.15) is 11.1 Å². The third-order valence-electron chi connectivity index (χ3n) is 3.56. The van der Waals surface area contributed by atoms with Gasteiger partial charge in [-0.3, -0.25) is 4.79 Å². The van der Waals surface area contributed by atoms with E-state index in [-0.39, 0.29) is 5.91 Å². The summed E-state index contributed by atoms with van der Waals surface area (Å²) in [5.74, 6) is -0.00905. The monoisotopic (exact) mass is 313 g/mol. The van der Waals surface area contributed by atoms with Crippen molar-refractivity contribution in [2.24, 2.45) is 7.05 Å². The predicted octanol–water partition coefficient (Wildman–Crippen LogP) is 3.09. The van der Waals surface area contributed by atoms with Gasteiger partial charge in [0.1, 0.15) is 0 Å². The van der Waals surface area contributed by atoms with E-state index in [1.807, 2.05) is 54.1 Å². The highest BCUT2D eigenvalue weighted by molar-refractivity contribution is 6.30. The van der Waals surface area contributed by atoms with E-state index in [9.17, 15) is 4.79 Å². The van der Waals surface area contributed by atoms with Gasteiger partial charge in [0.05, 0.1) is 23.8 Å². The van der Waals surface area contributed by atoms with Crippen LogP contribution >= 0.6 is 11.6 Å². The largest absolute Gasteiger partial charge is 0.352 e. The molecule has 5 heteroatoms. The van der Waals surface area contributed by atoms with E-state index in [0.29, 0.717) is 18.0 Å². The Bertz CT molecular complexity index is 808. The summed E-state index contributed by atoms with van der Waals surface area (Å²) in [7, 11) is 1.95. The van der Waals surface area contributed by atoms with Crippen molar-refractivity contribution in [3.8, 4) is 0 Å². The van der Waals surface area contributed by atoms with Gasteiger partial charge >= 0.3 is 0 Å². The number of aryl methyl sites for hydroxylation is 1. The van der Waals surface area contributed by atoms with Gasteiger partial charge < -0.3 is 9.88 Å². The maximum atomic E-state index is 12.0. The van der Waals surface area contributed by atoms with Crippen molar-refractivity contribution in [2.75, 3.05) is 0 Å². The van der Waals surface area contributed by atoms with Gasteiger partial charge in [-0.15, -0.1) is 0 Å². The Balaban J connectivity index is 1.61. The molecule has 0 radical (unpaired) electrons. The van der Waals surface area contributed by atoms with Crippen LogP contribution in [0.5, 0.6) is 0 Å². The first kappa shape index (κ1) is 14.6. The zero-order valence-electron chi connectivity index (χ0n) is 12.2. The van der Waals surface area contributed by atoms with Crippen LogP contribution in [-0.2, 0) is 24.8 Å². The van der Waals surface area contributed by atoms with Crippen molar-refractivity contribution in [3.63, 3.8) is 0 Å². The fourth-order valence-corrected chi connectivity index (χ4v) is 2.47. The molecule has 1 amide bonds. The summed E-state index contributed by atoms with van der Waals surface area (Å²) in [6.45, 7) is 0.502. The molecule has 1 aromatic heterocycles. The number of hydrogen-bond acceptors (Lipinski definition) is 2. The molecule has 1 heterocycles. The molecule has 0 fully saturated rings. The van der Waals surface area contributed by atoms with Crippen LogP contribution in [0, 0.1) is 0 Å². The third-order valence-corrected chi connectivity index (χ3v) is 3.81. The molecule has 112 valence electrons. The van der Waals surface area contributed by atoms with E-state index in [2.05, 4.69) is 10.3 Å². The minimum atomic E-state index is -0.00905. The molecule has 3 aromatic rings. The Morgan fingerprint density at radius 2 is 1.91 bits per heavy atom. The fraction of sp³-hybridized carbons (Fsp3) is 0.176. The molecular formula is C17H16ClN3O. The highest BCUT2D eigenvalue weighted by atomic mass is 35.5. The lowest BCUT2D eigenvalue weighted by molar-refractivity contribution is -0.120. The summed E-state index contributed by atoms with van der Waals surface area (Å²) in [4.78, 5) is 16.3. The number of imidazole rings is 1. The molecule has 0 aliphatic carbocycles. The Labute approximate surface area is 133 Å². The number of rotatable bonds is 4. The van der Waals surface area contributed by atoms with Crippen LogP contribution in [0.25, 0.3) is 11.0 Å². The van der Waals surface area contributed by atoms with Gasteiger partial charge in [0.15, 0.2) is 0 Å². The number of fused-ring (bicyclic) bond motifs is 1. The van der Waals surface area contributed by atoms with Gasteiger partial charge in [-0.2, -0.15) is 0 Å². The van der Waals surface area contributed by atoms with E-state index in [1.165, 1.54) is 0 Å². The quantitative estimate of drug-likeness (QED) is 0.804. The molecule has 22 heavy (non-hydrogen) atoms. The lowest BCUT2D eigenvalue weighted by Crippen LogP contribution is -2.24. The molecule has 1 N–H and O–H groups in total. The number of nitrogens with zero attached hydrogens (tertiary/aromatic N) is 2. The van der Waals surface area contributed by atoms with Crippen LogP contribution in [0.4, 0.5) is 0 Å². The second kappa shape index (κ2) is 6.20. The standard InChI is InChI=1S/C17H16ClN3O/c1-21-11-20-15-8-13(4-7-16(15)21)9-17(22)19-10-12-2-5-14(18)6-3-12/h2-8,11H,9-10H2,1H3,(H,19,22). The van der Waals surface area contributed by atoms with Gasteiger partial charge in [0.25, 0.3) is 0 Å². The summed E-state index contributed by atoms with van der Waals surface area (Å²) >= 11 is 5.84. The van der Waals surface area contributed by atoms with E-state index < -0.39 is 0 Å². The molecule has 0 bridgehead atoms. The van der Waals surface area contributed by atoms with Crippen LogP contribution in [0.15, 0.2) is 48.8 Å². The summed E-state index contributed by atoms with van der Waals surface area (Å²) in [6.07, 6.45) is 2.12. The van der Waals surface area contributed by atoms with Gasteiger partial charge in [-0.1, -0.05) is 29.8 Å². The zero-order valence-corrected chi connectivity index (χ0v) is 13.0. The van der Waals surface area contributed by atoms with Crippen LogP contribution < -0.4 is 5.32 Å².